The second kappa shape index (κ2) is 15.3. The van der Waals surface area contributed by atoms with Gasteiger partial charge in [-0.2, -0.15) is 0 Å². The van der Waals surface area contributed by atoms with Gasteiger partial charge in [-0.25, -0.2) is 22.8 Å². The third-order valence-electron chi connectivity index (χ3n) is 10.3. The molecule has 2 saturated heterocycles. The normalized spacial score (nSPS) is 18.6. The van der Waals surface area contributed by atoms with E-state index in [2.05, 4.69) is 0 Å². The minimum atomic E-state index is -1.03. The van der Waals surface area contributed by atoms with Crippen LogP contribution in [0.5, 0.6) is 11.5 Å². The lowest BCUT2D eigenvalue weighted by Gasteiger charge is -2.37. The van der Waals surface area contributed by atoms with Crippen LogP contribution < -0.4 is 9.47 Å². The van der Waals surface area contributed by atoms with Crippen LogP contribution in [0.3, 0.4) is 0 Å². The van der Waals surface area contributed by atoms with Gasteiger partial charge in [0.05, 0.1) is 18.1 Å². The SMILES string of the molecule is CC(C)(C)OC(=O)N1CCC(Oc2ccc(-c3cnc4cc(OC5CCN(C(=O)O)C5C(C)(C)C)c(-c5ccc(F)c(F)c5)cc4c3)cc2-c2ccc(F)cc2)C1. The van der Waals surface area contributed by atoms with Crippen LogP contribution in [0.25, 0.3) is 44.3 Å². The Morgan fingerprint density at radius 1 is 0.737 bits per heavy atom. The van der Waals surface area contributed by atoms with Gasteiger partial charge in [0.25, 0.3) is 0 Å². The minimum absolute atomic E-state index is 0.286. The van der Waals surface area contributed by atoms with Crippen molar-refractivity contribution in [2.75, 3.05) is 19.6 Å². The number of ether oxygens (including phenoxy) is 3. The Morgan fingerprint density at radius 2 is 1.44 bits per heavy atom. The van der Waals surface area contributed by atoms with E-state index in [0.29, 0.717) is 66.0 Å². The third-order valence-corrected chi connectivity index (χ3v) is 10.3. The summed E-state index contributed by atoms with van der Waals surface area (Å²) >= 11 is 0. The van der Waals surface area contributed by atoms with Gasteiger partial charge in [-0.1, -0.05) is 45.0 Å². The smallest absolute Gasteiger partial charge is 0.410 e. The summed E-state index contributed by atoms with van der Waals surface area (Å²) in [7, 11) is 0. The maximum absolute atomic E-state index is 14.7. The van der Waals surface area contributed by atoms with Gasteiger partial charge in [0.2, 0.25) is 0 Å². The third kappa shape index (κ3) is 8.65. The maximum atomic E-state index is 14.7. The molecule has 3 heterocycles. The van der Waals surface area contributed by atoms with E-state index < -0.39 is 47.0 Å². The van der Waals surface area contributed by atoms with Gasteiger partial charge in [-0.3, -0.25) is 4.98 Å². The number of likely N-dealkylation sites (tertiary alicyclic amines) is 2. The molecule has 0 spiro atoms. The number of aromatic nitrogens is 1. The molecule has 5 aromatic rings. The lowest BCUT2D eigenvalue weighted by Crippen LogP contribution is -2.48. The lowest BCUT2D eigenvalue weighted by molar-refractivity contribution is 0.0275. The standard InChI is InChI=1S/C45H46F3N3O6/c1-44(2,3)41-39(16-18-51(41)42(52)53)56-40-23-37-29(21-34(40)28-9-13-35(47)36(48)22-28)19-30(24-49-37)27-10-14-38(33(20-27)26-7-11-31(46)12-8-26)55-32-15-17-50(25-32)43(54)57-45(4,5)6/h7-14,19-24,32,39,41H,15-18,25H2,1-6H3,(H,52,53). The fourth-order valence-corrected chi connectivity index (χ4v) is 7.76. The summed E-state index contributed by atoms with van der Waals surface area (Å²) < 4.78 is 61.5. The summed E-state index contributed by atoms with van der Waals surface area (Å²) in [5.41, 5.74) is 3.38. The van der Waals surface area contributed by atoms with Gasteiger partial charge in [-0.05, 0) is 91.4 Å². The highest BCUT2D eigenvalue weighted by molar-refractivity contribution is 5.91. The first-order valence-corrected chi connectivity index (χ1v) is 19.0. The van der Waals surface area contributed by atoms with Crippen LogP contribution >= 0.6 is 0 Å². The van der Waals surface area contributed by atoms with Crippen molar-refractivity contribution in [3.8, 4) is 44.9 Å². The van der Waals surface area contributed by atoms with Crippen molar-refractivity contribution >= 4 is 23.1 Å². The number of halogens is 3. The molecule has 0 bridgehead atoms. The number of fused-ring (bicyclic) bond motifs is 1. The van der Waals surface area contributed by atoms with Gasteiger partial charge < -0.3 is 29.1 Å². The Labute approximate surface area is 330 Å². The zero-order chi connectivity index (χ0) is 40.8. The first-order chi connectivity index (χ1) is 26.9. The highest BCUT2D eigenvalue weighted by atomic mass is 19.2. The monoisotopic (exact) mass is 781 g/mol. The number of pyridine rings is 1. The van der Waals surface area contributed by atoms with Crippen LogP contribution in [0, 0.1) is 22.9 Å². The van der Waals surface area contributed by atoms with E-state index in [4.69, 9.17) is 19.2 Å². The Hall–Kier alpha value is -5.78. The fourth-order valence-electron chi connectivity index (χ4n) is 7.76. The molecule has 3 atom stereocenters. The molecule has 4 aromatic carbocycles. The molecule has 2 fully saturated rings. The number of hydrogen-bond donors (Lipinski definition) is 1. The van der Waals surface area contributed by atoms with Crippen molar-refractivity contribution in [1.29, 1.82) is 0 Å². The second-order valence-corrected chi connectivity index (χ2v) is 16.8. The summed E-state index contributed by atoms with van der Waals surface area (Å²) in [5.74, 6) is -1.43. The van der Waals surface area contributed by atoms with E-state index in [-0.39, 0.29) is 11.9 Å². The number of nitrogens with zero attached hydrogens (tertiary/aromatic N) is 3. The average molecular weight is 782 g/mol. The van der Waals surface area contributed by atoms with Crippen LogP contribution in [-0.4, -0.2) is 75.6 Å². The van der Waals surface area contributed by atoms with Crippen molar-refractivity contribution in [2.45, 2.75) is 78.2 Å². The molecule has 2 aliphatic rings. The predicted octanol–water partition coefficient (Wildman–Crippen LogP) is 10.6. The molecule has 57 heavy (non-hydrogen) atoms. The van der Waals surface area contributed by atoms with Gasteiger partial charge in [0, 0.05) is 60.3 Å². The molecule has 298 valence electrons. The molecule has 0 aliphatic carbocycles. The summed E-state index contributed by atoms with van der Waals surface area (Å²) in [4.78, 5) is 32.7. The van der Waals surface area contributed by atoms with Crippen molar-refractivity contribution in [1.82, 2.24) is 14.8 Å². The summed E-state index contributed by atoms with van der Waals surface area (Å²) in [5, 5.41) is 10.7. The van der Waals surface area contributed by atoms with Gasteiger partial charge >= 0.3 is 12.2 Å². The van der Waals surface area contributed by atoms with E-state index in [1.54, 1.807) is 29.3 Å². The van der Waals surface area contributed by atoms with Gasteiger partial charge in [-0.15, -0.1) is 0 Å². The zero-order valence-electron chi connectivity index (χ0n) is 32.8. The van der Waals surface area contributed by atoms with Crippen molar-refractivity contribution in [3.05, 3.63) is 103 Å². The van der Waals surface area contributed by atoms with Crippen molar-refractivity contribution in [3.63, 3.8) is 0 Å². The number of carbonyl (C=O) groups excluding carboxylic acids is 1. The highest BCUT2D eigenvalue weighted by Crippen LogP contribution is 2.42. The van der Waals surface area contributed by atoms with Crippen LogP contribution in [0.4, 0.5) is 22.8 Å². The first-order valence-electron chi connectivity index (χ1n) is 19.0. The summed E-state index contributed by atoms with van der Waals surface area (Å²) in [6.07, 6.45) is 0.580. The number of rotatable bonds is 7. The predicted molar refractivity (Wildman–Crippen MR) is 212 cm³/mol. The second-order valence-electron chi connectivity index (χ2n) is 16.8. The van der Waals surface area contributed by atoms with Crippen molar-refractivity contribution < 1.29 is 42.1 Å². The molecule has 1 N–H and O–H groups in total. The molecule has 12 heteroatoms. The Kier molecular flexibility index (Phi) is 10.6. The first kappa shape index (κ1) is 39.5. The molecule has 9 nitrogen and oxygen atoms in total. The van der Waals surface area contributed by atoms with E-state index in [1.165, 1.54) is 23.1 Å². The molecule has 2 amide bonds. The largest absolute Gasteiger partial charge is 0.488 e. The number of carbonyl (C=O) groups is 2. The quantitative estimate of drug-likeness (QED) is 0.175. The molecular weight excluding hydrogens is 736 g/mol. The van der Waals surface area contributed by atoms with Gasteiger partial charge in [0.15, 0.2) is 11.6 Å². The van der Waals surface area contributed by atoms with Crippen molar-refractivity contribution in [2.24, 2.45) is 5.41 Å². The minimum Gasteiger partial charge on any atom is -0.488 e. The molecule has 1 aromatic heterocycles. The Morgan fingerprint density at radius 3 is 2.12 bits per heavy atom. The molecule has 0 radical (unpaired) electrons. The Balaban J connectivity index is 1.25. The molecule has 2 aliphatic heterocycles. The van der Waals surface area contributed by atoms with Crippen LogP contribution in [-0.2, 0) is 4.74 Å². The summed E-state index contributed by atoms with van der Waals surface area (Å²) in [6.45, 7) is 12.5. The van der Waals surface area contributed by atoms with Crippen LogP contribution in [0.15, 0.2) is 85.1 Å². The topological polar surface area (TPSA) is 101 Å². The number of benzene rings is 4. The maximum Gasteiger partial charge on any atom is 0.410 e. The van der Waals surface area contributed by atoms with E-state index in [0.717, 1.165) is 34.4 Å². The van der Waals surface area contributed by atoms with Crippen LogP contribution in [0.1, 0.15) is 54.4 Å². The zero-order valence-corrected chi connectivity index (χ0v) is 32.8. The molecule has 0 saturated carbocycles. The Bertz CT molecular complexity index is 2320. The molecule has 7 rings (SSSR count). The fraction of sp³-hybridized carbons (Fsp3) is 0.356. The molecular formula is C45H46F3N3O6. The van der Waals surface area contributed by atoms with E-state index in [9.17, 15) is 27.9 Å². The summed E-state index contributed by atoms with van der Waals surface area (Å²) in [6, 6.07) is 20.5. The molecule has 3 unspecified atom stereocenters. The average Bonchev–Trinajstić information content (AvgIpc) is 3.80. The van der Waals surface area contributed by atoms with Gasteiger partial charge in [0.1, 0.15) is 35.1 Å². The van der Waals surface area contributed by atoms with E-state index >= 15 is 0 Å². The number of carboxylic acid groups (broad SMARTS) is 1. The number of amides is 2. The highest BCUT2D eigenvalue weighted by Gasteiger charge is 2.45. The van der Waals surface area contributed by atoms with Crippen LogP contribution in [0.2, 0.25) is 0 Å². The lowest BCUT2D eigenvalue weighted by atomic mass is 9.83. The number of hydrogen-bond acceptors (Lipinski definition) is 6. The van der Waals surface area contributed by atoms with E-state index in [1.807, 2.05) is 71.9 Å².